The Bertz CT molecular complexity index is 1020. The van der Waals surface area contributed by atoms with Gasteiger partial charge in [0, 0.05) is 54.4 Å². The zero-order chi connectivity index (χ0) is 26.0. The van der Waals surface area contributed by atoms with Crippen LogP contribution in [0.15, 0.2) is 24.5 Å². The van der Waals surface area contributed by atoms with Gasteiger partial charge in [0.05, 0.1) is 11.3 Å². The van der Waals surface area contributed by atoms with E-state index in [0.29, 0.717) is 17.2 Å². The molecule has 3 rings (SSSR count). The molecule has 1 saturated heterocycles. The second-order valence-corrected chi connectivity index (χ2v) is 11.8. The van der Waals surface area contributed by atoms with Crippen LogP contribution in [-0.2, 0) is 9.53 Å². The van der Waals surface area contributed by atoms with Gasteiger partial charge in [0.25, 0.3) is 0 Å². The molecule has 1 fully saturated rings. The SMILES string of the molecule is Cc1ncc(-c2ccc(NCC(C)C)nc2)c(N2CCC(C)(C)CC2)c1C(OC(C)(C)C)C(=O)O. The Kier molecular flexibility index (Phi) is 8.10. The molecule has 0 aliphatic carbocycles. The minimum Gasteiger partial charge on any atom is -0.479 e. The normalized spacial score (nSPS) is 16.9. The molecule has 0 spiro atoms. The van der Waals surface area contributed by atoms with E-state index >= 15 is 0 Å². The fourth-order valence-corrected chi connectivity index (χ4v) is 4.36. The van der Waals surface area contributed by atoms with Gasteiger partial charge in [-0.3, -0.25) is 4.98 Å². The third-order valence-corrected chi connectivity index (χ3v) is 6.44. The van der Waals surface area contributed by atoms with Crippen molar-refractivity contribution in [3.63, 3.8) is 0 Å². The van der Waals surface area contributed by atoms with E-state index in [-0.39, 0.29) is 5.41 Å². The maximum atomic E-state index is 12.5. The smallest absolute Gasteiger partial charge is 0.337 e. The number of carboxylic acid groups (broad SMARTS) is 1. The molecule has 192 valence electrons. The molecule has 0 bridgehead atoms. The fourth-order valence-electron chi connectivity index (χ4n) is 4.36. The molecule has 0 amide bonds. The van der Waals surface area contributed by atoms with Gasteiger partial charge in [0.2, 0.25) is 0 Å². The van der Waals surface area contributed by atoms with Crippen molar-refractivity contribution in [1.29, 1.82) is 0 Å². The van der Waals surface area contributed by atoms with E-state index in [0.717, 1.165) is 55.1 Å². The highest BCUT2D eigenvalue weighted by molar-refractivity contribution is 5.86. The number of piperidine rings is 1. The molecule has 3 heterocycles. The quantitative estimate of drug-likeness (QED) is 0.471. The Morgan fingerprint density at radius 2 is 1.83 bits per heavy atom. The third-order valence-electron chi connectivity index (χ3n) is 6.44. The topological polar surface area (TPSA) is 87.6 Å². The summed E-state index contributed by atoms with van der Waals surface area (Å²) in [4.78, 5) is 24.1. The number of aryl methyl sites for hydroxylation is 1. The van der Waals surface area contributed by atoms with Crippen molar-refractivity contribution >= 4 is 17.5 Å². The summed E-state index contributed by atoms with van der Waals surface area (Å²) in [5, 5.41) is 13.6. The van der Waals surface area contributed by atoms with E-state index in [1.165, 1.54) is 0 Å². The molecular weight excluding hydrogens is 440 g/mol. The summed E-state index contributed by atoms with van der Waals surface area (Å²) < 4.78 is 6.11. The van der Waals surface area contributed by atoms with Crippen molar-refractivity contribution in [3.05, 3.63) is 35.8 Å². The first kappa shape index (κ1) is 26.9. The zero-order valence-corrected chi connectivity index (χ0v) is 22.6. The molecule has 2 N–H and O–H groups in total. The van der Waals surface area contributed by atoms with Crippen molar-refractivity contribution in [2.24, 2.45) is 11.3 Å². The number of hydrogen-bond donors (Lipinski definition) is 2. The van der Waals surface area contributed by atoms with Crippen molar-refractivity contribution in [2.45, 2.75) is 79.9 Å². The average Bonchev–Trinajstić information content (AvgIpc) is 2.76. The summed E-state index contributed by atoms with van der Waals surface area (Å²) in [7, 11) is 0. The highest BCUT2D eigenvalue weighted by atomic mass is 16.5. The molecule has 2 aromatic heterocycles. The number of rotatable bonds is 8. The molecule has 0 aromatic carbocycles. The van der Waals surface area contributed by atoms with Crippen LogP contribution < -0.4 is 10.2 Å². The lowest BCUT2D eigenvalue weighted by atomic mass is 9.82. The molecule has 35 heavy (non-hydrogen) atoms. The monoisotopic (exact) mass is 482 g/mol. The van der Waals surface area contributed by atoms with Gasteiger partial charge in [0.1, 0.15) is 5.82 Å². The first-order chi connectivity index (χ1) is 16.3. The molecule has 1 aliphatic heterocycles. The number of anilines is 2. The van der Waals surface area contributed by atoms with E-state index in [1.807, 2.05) is 52.2 Å². The highest BCUT2D eigenvalue weighted by Gasteiger charge is 2.35. The molecule has 1 atom stereocenters. The van der Waals surface area contributed by atoms with Gasteiger partial charge in [-0.25, -0.2) is 9.78 Å². The van der Waals surface area contributed by atoms with E-state index in [1.54, 1.807) is 0 Å². The Balaban J connectivity index is 2.13. The summed E-state index contributed by atoms with van der Waals surface area (Å²) in [6.07, 6.45) is 4.63. The Morgan fingerprint density at radius 1 is 1.17 bits per heavy atom. The van der Waals surface area contributed by atoms with E-state index in [9.17, 15) is 9.90 Å². The number of aromatic nitrogens is 2. The third kappa shape index (κ3) is 6.94. The lowest BCUT2D eigenvalue weighted by molar-refractivity contribution is -0.160. The van der Waals surface area contributed by atoms with E-state index < -0.39 is 17.7 Å². The summed E-state index contributed by atoms with van der Waals surface area (Å²) in [6, 6.07) is 4.00. The number of carboxylic acids is 1. The van der Waals surface area contributed by atoms with Crippen LogP contribution in [0.25, 0.3) is 11.1 Å². The van der Waals surface area contributed by atoms with Crippen molar-refractivity contribution in [1.82, 2.24) is 9.97 Å². The van der Waals surface area contributed by atoms with Crippen LogP contribution in [0, 0.1) is 18.3 Å². The largest absolute Gasteiger partial charge is 0.479 e. The van der Waals surface area contributed by atoms with Crippen LogP contribution in [0.1, 0.15) is 78.7 Å². The van der Waals surface area contributed by atoms with Crippen LogP contribution in [-0.4, -0.2) is 46.3 Å². The van der Waals surface area contributed by atoms with Crippen molar-refractivity contribution in [3.8, 4) is 11.1 Å². The number of ether oxygens (including phenoxy) is 1. The Morgan fingerprint density at radius 3 is 2.34 bits per heavy atom. The maximum Gasteiger partial charge on any atom is 0.337 e. The number of nitrogens with one attached hydrogen (secondary N) is 1. The molecule has 1 unspecified atom stereocenters. The van der Waals surface area contributed by atoms with Gasteiger partial charge in [-0.1, -0.05) is 27.7 Å². The molecule has 0 radical (unpaired) electrons. The number of pyridine rings is 2. The summed E-state index contributed by atoms with van der Waals surface area (Å²) in [5.74, 6) is 0.335. The minimum atomic E-state index is -1.12. The van der Waals surface area contributed by atoms with Crippen LogP contribution in [0.4, 0.5) is 11.5 Å². The van der Waals surface area contributed by atoms with E-state index in [4.69, 9.17) is 4.74 Å². The molecule has 2 aromatic rings. The predicted molar refractivity (Wildman–Crippen MR) is 142 cm³/mol. The molecular formula is C28H42N4O3. The predicted octanol–water partition coefficient (Wildman–Crippen LogP) is 6.09. The fraction of sp³-hybridized carbons (Fsp3) is 0.607. The summed E-state index contributed by atoms with van der Waals surface area (Å²) in [5.41, 5.74) is 3.64. The Labute approximate surface area is 210 Å². The first-order valence-corrected chi connectivity index (χ1v) is 12.6. The maximum absolute atomic E-state index is 12.5. The highest BCUT2D eigenvalue weighted by Crippen LogP contribution is 2.43. The van der Waals surface area contributed by atoms with Crippen LogP contribution in [0.3, 0.4) is 0 Å². The molecule has 0 saturated carbocycles. The second kappa shape index (κ2) is 10.5. The number of carbonyl (C=O) groups is 1. The molecule has 7 nitrogen and oxygen atoms in total. The Hall–Kier alpha value is -2.67. The van der Waals surface area contributed by atoms with Gasteiger partial charge in [-0.15, -0.1) is 0 Å². The number of hydrogen-bond acceptors (Lipinski definition) is 6. The zero-order valence-electron chi connectivity index (χ0n) is 22.6. The summed E-state index contributed by atoms with van der Waals surface area (Å²) in [6.45, 7) is 19.0. The van der Waals surface area contributed by atoms with E-state index in [2.05, 4.69) is 47.9 Å². The minimum absolute atomic E-state index is 0.262. The van der Waals surface area contributed by atoms with Crippen molar-refractivity contribution in [2.75, 3.05) is 29.9 Å². The standard InChI is InChI=1S/C28H42N4O3/c1-18(2)15-30-22-10-9-20(16-31-22)21-17-29-19(3)23(25(26(33)34)35-27(4,5)6)24(21)32-13-11-28(7,8)12-14-32/h9-10,16-18,25H,11-15H2,1-8H3,(H,30,31)(H,33,34). The van der Waals surface area contributed by atoms with Gasteiger partial charge in [-0.05, 0) is 64.0 Å². The number of nitrogens with zero attached hydrogens (tertiary/aromatic N) is 3. The number of aliphatic carboxylic acids is 1. The molecule has 1 aliphatic rings. The summed E-state index contributed by atoms with van der Waals surface area (Å²) >= 11 is 0. The lowest BCUT2D eigenvalue weighted by Crippen LogP contribution is -2.39. The first-order valence-electron chi connectivity index (χ1n) is 12.6. The van der Waals surface area contributed by atoms with Gasteiger partial charge in [-0.2, -0.15) is 0 Å². The van der Waals surface area contributed by atoms with Crippen molar-refractivity contribution < 1.29 is 14.6 Å². The van der Waals surface area contributed by atoms with Gasteiger partial charge >= 0.3 is 5.97 Å². The van der Waals surface area contributed by atoms with Crippen LogP contribution in [0.5, 0.6) is 0 Å². The second-order valence-electron chi connectivity index (χ2n) is 11.8. The van der Waals surface area contributed by atoms with Gasteiger partial charge < -0.3 is 20.1 Å². The average molecular weight is 483 g/mol. The van der Waals surface area contributed by atoms with Crippen LogP contribution >= 0.6 is 0 Å². The van der Waals surface area contributed by atoms with Gasteiger partial charge in [0.15, 0.2) is 6.10 Å². The molecule has 7 heteroatoms. The van der Waals surface area contributed by atoms with Crippen LogP contribution in [0.2, 0.25) is 0 Å². The lowest BCUT2D eigenvalue weighted by Gasteiger charge is -2.40.